The highest BCUT2D eigenvalue weighted by atomic mass is 19.1. The number of hydrogen-bond donors (Lipinski definition) is 1. The van der Waals surface area contributed by atoms with Crippen molar-refractivity contribution in [3.8, 4) is 0 Å². The molecule has 1 aromatic carbocycles. The largest absolute Gasteiger partial charge is 0.444 e. The molecule has 1 aliphatic rings. The molecule has 25 heavy (non-hydrogen) atoms. The molecule has 1 saturated heterocycles. The predicted octanol–water partition coefficient (Wildman–Crippen LogP) is 3.18. The van der Waals surface area contributed by atoms with Crippen molar-refractivity contribution in [2.24, 2.45) is 0 Å². The molecule has 1 N–H and O–H groups in total. The Morgan fingerprint density at radius 2 is 2.08 bits per heavy atom. The fourth-order valence-corrected chi connectivity index (χ4v) is 2.54. The second kappa shape index (κ2) is 7.39. The number of carbonyl (C=O) groups excluding carboxylic acids is 2. The van der Waals surface area contributed by atoms with Crippen molar-refractivity contribution >= 4 is 17.7 Å². The number of likely N-dealkylation sites (tertiary alicyclic amines) is 1. The summed E-state index contributed by atoms with van der Waals surface area (Å²) in [5.41, 5.74) is -0.793. The molecule has 1 heterocycles. The molecule has 1 fully saturated rings. The zero-order valence-corrected chi connectivity index (χ0v) is 15.1. The van der Waals surface area contributed by atoms with Crippen molar-refractivity contribution in [2.75, 3.05) is 25.0 Å². The summed E-state index contributed by atoms with van der Waals surface area (Å²) in [6.07, 6.45) is 0.225. The van der Waals surface area contributed by atoms with Gasteiger partial charge in [0.05, 0.1) is 12.1 Å². The van der Waals surface area contributed by atoms with Crippen molar-refractivity contribution in [1.29, 1.82) is 0 Å². The molecule has 0 aliphatic carbocycles. The molecule has 1 aromatic rings. The standard InChI is InChI=1S/C18H25FN2O4/c1-17(2,3)25-16(23)21-9-8-18(4,12-21)24-11-15(22)20-14-7-5-6-13(19)10-14/h5-7,10H,8-9,11-12H2,1-4H3,(H,20,22). The van der Waals surface area contributed by atoms with Crippen molar-refractivity contribution in [3.63, 3.8) is 0 Å². The Balaban J connectivity index is 1.82. The Morgan fingerprint density at radius 3 is 2.72 bits per heavy atom. The van der Waals surface area contributed by atoms with E-state index >= 15 is 0 Å². The van der Waals surface area contributed by atoms with E-state index in [0.717, 1.165) is 0 Å². The Morgan fingerprint density at radius 1 is 1.36 bits per heavy atom. The van der Waals surface area contributed by atoms with Gasteiger partial charge in [0.2, 0.25) is 5.91 Å². The molecule has 2 rings (SSSR count). The van der Waals surface area contributed by atoms with Gasteiger partial charge in [-0.05, 0) is 52.3 Å². The molecule has 0 aromatic heterocycles. The number of anilines is 1. The topological polar surface area (TPSA) is 67.9 Å². The minimum absolute atomic E-state index is 0.171. The van der Waals surface area contributed by atoms with Gasteiger partial charge in [0.15, 0.2) is 0 Å². The average Bonchev–Trinajstić information content (AvgIpc) is 2.87. The highest BCUT2D eigenvalue weighted by molar-refractivity contribution is 5.91. The predicted molar refractivity (Wildman–Crippen MR) is 91.8 cm³/mol. The van der Waals surface area contributed by atoms with Gasteiger partial charge < -0.3 is 19.7 Å². The number of rotatable bonds is 4. The van der Waals surface area contributed by atoms with Gasteiger partial charge in [-0.15, -0.1) is 0 Å². The van der Waals surface area contributed by atoms with Crippen molar-refractivity contribution in [1.82, 2.24) is 4.90 Å². The first kappa shape index (κ1) is 19.2. The lowest BCUT2D eigenvalue weighted by Crippen LogP contribution is -2.40. The van der Waals surface area contributed by atoms with Crippen LogP contribution in [-0.4, -0.2) is 47.8 Å². The summed E-state index contributed by atoms with van der Waals surface area (Å²) in [5.74, 6) is -0.794. The maximum atomic E-state index is 13.1. The SMILES string of the molecule is CC(C)(C)OC(=O)N1CCC(C)(OCC(=O)Nc2cccc(F)c2)C1. The minimum atomic E-state index is -0.615. The molecule has 1 aliphatic heterocycles. The normalized spacial score (nSPS) is 20.4. The van der Waals surface area contributed by atoms with E-state index in [1.807, 2.05) is 27.7 Å². The molecule has 2 amide bonds. The van der Waals surface area contributed by atoms with E-state index in [0.29, 0.717) is 25.2 Å². The van der Waals surface area contributed by atoms with Gasteiger partial charge in [-0.25, -0.2) is 9.18 Å². The van der Waals surface area contributed by atoms with Gasteiger partial charge in [0, 0.05) is 12.2 Å². The van der Waals surface area contributed by atoms with E-state index in [2.05, 4.69) is 5.32 Å². The lowest BCUT2D eigenvalue weighted by molar-refractivity contribution is -0.126. The van der Waals surface area contributed by atoms with Crippen LogP contribution >= 0.6 is 0 Å². The first-order chi connectivity index (χ1) is 11.6. The van der Waals surface area contributed by atoms with Gasteiger partial charge in [0.25, 0.3) is 0 Å². The highest BCUT2D eigenvalue weighted by Gasteiger charge is 2.39. The Kier molecular flexibility index (Phi) is 5.67. The van der Waals surface area contributed by atoms with Crippen LogP contribution in [0.4, 0.5) is 14.9 Å². The van der Waals surface area contributed by atoms with E-state index in [4.69, 9.17) is 9.47 Å². The first-order valence-corrected chi connectivity index (χ1v) is 8.24. The van der Waals surface area contributed by atoms with Crippen molar-refractivity contribution in [3.05, 3.63) is 30.1 Å². The fraction of sp³-hybridized carbons (Fsp3) is 0.556. The molecule has 6 nitrogen and oxygen atoms in total. The number of nitrogens with zero attached hydrogens (tertiary/aromatic N) is 1. The molecule has 1 atom stereocenters. The second-order valence-corrected chi connectivity index (χ2v) is 7.45. The number of halogens is 1. The number of benzene rings is 1. The molecule has 0 radical (unpaired) electrons. The Labute approximate surface area is 147 Å². The molecule has 7 heteroatoms. The Hall–Kier alpha value is -2.15. The van der Waals surface area contributed by atoms with Crippen LogP contribution in [0.25, 0.3) is 0 Å². The lowest BCUT2D eigenvalue weighted by Gasteiger charge is -2.27. The summed E-state index contributed by atoms with van der Waals surface area (Å²) < 4.78 is 24.2. The number of amides is 2. The monoisotopic (exact) mass is 352 g/mol. The third kappa shape index (κ3) is 6.01. The van der Waals surface area contributed by atoms with Crippen LogP contribution < -0.4 is 5.32 Å². The molecule has 0 spiro atoms. The molecule has 138 valence electrons. The van der Waals surface area contributed by atoms with Crippen molar-refractivity contribution in [2.45, 2.75) is 45.3 Å². The maximum Gasteiger partial charge on any atom is 0.410 e. The van der Waals surface area contributed by atoms with Crippen LogP contribution in [0, 0.1) is 5.82 Å². The number of hydrogen-bond acceptors (Lipinski definition) is 4. The second-order valence-electron chi connectivity index (χ2n) is 7.45. The quantitative estimate of drug-likeness (QED) is 0.904. The van der Waals surface area contributed by atoms with Crippen molar-refractivity contribution < 1.29 is 23.5 Å². The van der Waals surface area contributed by atoms with Gasteiger partial charge >= 0.3 is 6.09 Å². The average molecular weight is 352 g/mol. The number of ether oxygens (including phenoxy) is 2. The summed E-state index contributed by atoms with van der Waals surface area (Å²) in [4.78, 5) is 25.6. The number of nitrogens with one attached hydrogen (secondary N) is 1. The lowest BCUT2D eigenvalue weighted by atomic mass is 10.1. The van der Waals surface area contributed by atoms with Crippen LogP contribution in [-0.2, 0) is 14.3 Å². The summed E-state index contributed by atoms with van der Waals surface area (Å²) in [6, 6.07) is 5.65. The molecule has 0 saturated carbocycles. The van der Waals surface area contributed by atoms with Crippen LogP contribution in [0.1, 0.15) is 34.1 Å². The smallest absolute Gasteiger partial charge is 0.410 e. The van der Waals surface area contributed by atoms with E-state index in [1.54, 1.807) is 11.0 Å². The minimum Gasteiger partial charge on any atom is -0.444 e. The number of carbonyl (C=O) groups is 2. The fourth-order valence-electron chi connectivity index (χ4n) is 2.54. The molecule has 1 unspecified atom stereocenters. The first-order valence-electron chi connectivity index (χ1n) is 8.24. The summed E-state index contributed by atoms with van der Waals surface area (Å²) in [7, 11) is 0. The zero-order valence-electron chi connectivity index (χ0n) is 15.1. The van der Waals surface area contributed by atoms with E-state index in [9.17, 15) is 14.0 Å². The zero-order chi connectivity index (χ0) is 18.7. The van der Waals surface area contributed by atoms with Gasteiger partial charge in [0.1, 0.15) is 18.0 Å². The van der Waals surface area contributed by atoms with E-state index in [1.165, 1.54) is 18.2 Å². The maximum absolute atomic E-state index is 13.1. The third-order valence-electron chi connectivity index (χ3n) is 3.75. The third-order valence-corrected chi connectivity index (χ3v) is 3.75. The summed E-state index contributed by atoms with van der Waals surface area (Å²) in [6.45, 7) is 7.99. The van der Waals surface area contributed by atoms with Gasteiger partial charge in [-0.3, -0.25) is 4.79 Å². The van der Waals surface area contributed by atoms with E-state index < -0.39 is 17.0 Å². The molecule has 0 bridgehead atoms. The summed E-state index contributed by atoms with van der Waals surface area (Å²) in [5, 5.41) is 2.58. The van der Waals surface area contributed by atoms with E-state index in [-0.39, 0.29) is 18.6 Å². The van der Waals surface area contributed by atoms with Crippen LogP contribution in [0.5, 0.6) is 0 Å². The van der Waals surface area contributed by atoms with Crippen LogP contribution in [0.3, 0.4) is 0 Å². The van der Waals surface area contributed by atoms with Gasteiger partial charge in [-0.1, -0.05) is 6.07 Å². The Bertz CT molecular complexity index is 644. The van der Waals surface area contributed by atoms with Gasteiger partial charge in [-0.2, -0.15) is 0 Å². The molecular weight excluding hydrogens is 327 g/mol. The molecular formula is C18H25FN2O4. The van der Waals surface area contributed by atoms with Crippen LogP contribution in [0.15, 0.2) is 24.3 Å². The van der Waals surface area contributed by atoms with Crippen LogP contribution in [0.2, 0.25) is 0 Å². The summed E-state index contributed by atoms with van der Waals surface area (Å²) >= 11 is 0. The highest BCUT2D eigenvalue weighted by Crippen LogP contribution is 2.26.